The van der Waals surface area contributed by atoms with E-state index in [9.17, 15) is 4.79 Å². The maximum absolute atomic E-state index is 12.9. The van der Waals surface area contributed by atoms with E-state index in [0.29, 0.717) is 0 Å². The highest BCUT2D eigenvalue weighted by atomic mass is 32.1. The number of carbonyl (C=O) groups excluding carboxylic acids is 1. The molecule has 0 spiro atoms. The van der Waals surface area contributed by atoms with Gasteiger partial charge in [-0.2, -0.15) is 0 Å². The lowest BCUT2D eigenvalue weighted by atomic mass is 9.96. The molecule has 0 radical (unpaired) electrons. The number of rotatable bonds is 3. The van der Waals surface area contributed by atoms with Gasteiger partial charge >= 0.3 is 0 Å². The first-order chi connectivity index (χ1) is 10.1. The number of hydrogen-bond acceptors (Lipinski definition) is 3. The number of aryl methyl sites for hydroxylation is 2. The Morgan fingerprint density at radius 2 is 1.81 bits per heavy atom. The molecule has 0 aliphatic rings. The lowest BCUT2D eigenvalue weighted by Gasteiger charge is -2.10. The summed E-state index contributed by atoms with van der Waals surface area (Å²) in [6, 6.07) is 11.9. The predicted octanol–water partition coefficient (Wildman–Crippen LogP) is 4.76. The van der Waals surface area contributed by atoms with Gasteiger partial charge in [-0.25, -0.2) is 0 Å². The van der Waals surface area contributed by atoms with E-state index in [2.05, 4.69) is 0 Å². The lowest BCUT2D eigenvalue weighted by Crippen LogP contribution is -2.04. The van der Waals surface area contributed by atoms with Gasteiger partial charge in [0, 0.05) is 26.6 Å². The van der Waals surface area contributed by atoms with E-state index >= 15 is 0 Å². The Morgan fingerprint density at radius 1 is 1.05 bits per heavy atom. The Balaban J connectivity index is 2.12. The highest BCUT2D eigenvalue weighted by Crippen LogP contribution is 2.30. The van der Waals surface area contributed by atoms with Crippen LogP contribution >= 0.6 is 11.3 Å². The highest BCUT2D eigenvalue weighted by Gasteiger charge is 2.17. The summed E-state index contributed by atoms with van der Waals surface area (Å²) in [4.78, 5) is 12.9. The fraction of sp³-hybridized carbons (Fsp3) is 0.167. The van der Waals surface area contributed by atoms with Crippen LogP contribution in [-0.2, 0) is 0 Å². The number of thiophene rings is 1. The maximum Gasteiger partial charge on any atom is 0.194 e. The van der Waals surface area contributed by atoms with Crippen LogP contribution in [0.15, 0.2) is 41.8 Å². The third kappa shape index (κ3) is 2.34. The van der Waals surface area contributed by atoms with Gasteiger partial charge in [0.25, 0.3) is 0 Å². The number of fused-ring (bicyclic) bond motifs is 1. The molecule has 0 aliphatic carbocycles. The van der Waals surface area contributed by atoms with Gasteiger partial charge < -0.3 is 4.74 Å². The number of ether oxygens (including phenoxy) is 1. The second-order valence-electron chi connectivity index (χ2n) is 5.11. The lowest BCUT2D eigenvalue weighted by molar-refractivity contribution is 0.104. The molecule has 0 amide bonds. The quantitative estimate of drug-likeness (QED) is 0.651. The summed E-state index contributed by atoms with van der Waals surface area (Å²) in [5, 5.41) is 2.98. The second kappa shape index (κ2) is 5.34. The van der Waals surface area contributed by atoms with Crippen LogP contribution < -0.4 is 4.74 Å². The van der Waals surface area contributed by atoms with Crippen LogP contribution in [0.5, 0.6) is 5.75 Å². The van der Waals surface area contributed by atoms with Crippen molar-refractivity contribution in [3.63, 3.8) is 0 Å². The van der Waals surface area contributed by atoms with E-state index in [1.165, 1.54) is 0 Å². The van der Waals surface area contributed by atoms with Crippen molar-refractivity contribution < 1.29 is 9.53 Å². The van der Waals surface area contributed by atoms with Gasteiger partial charge in [0.2, 0.25) is 0 Å². The Hall–Kier alpha value is -2.13. The van der Waals surface area contributed by atoms with Crippen molar-refractivity contribution in [3.05, 3.63) is 64.0 Å². The van der Waals surface area contributed by atoms with Crippen molar-refractivity contribution in [2.75, 3.05) is 7.11 Å². The topological polar surface area (TPSA) is 26.3 Å². The minimum absolute atomic E-state index is 0.0794. The number of methoxy groups -OCH3 is 1. The van der Waals surface area contributed by atoms with E-state index in [1.807, 2.05) is 55.6 Å². The van der Waals surface area contributed by atoms with Gasteiger partial charge in [0.15, 0.2) is 5.78 Å². The van der Waals surface area contributed by atoms with Crippen molar-refractivity contribution in [2.24, 2.45) is 0 Å². The molecule has 0 unspecified atom stereocenters. The van der Waals surface area contributed by atoms with Crippen LogP contribution in [0.3, 0.4) is 0 Å². The Kier molecular flexibility index (Phi) is 3.52. The number of hydrogen-bond donors (Lipinski definition) is 0. The van der Waals surface area contributed by atoms with Crippen LogP contribution in [0.25, 0.3) is 10.1 Å². The van der Waals surface area contributed by atoms with Crippen molar-refractivity contribution in [3.8, 4) is 5.75 Å². The predicted molar refractivity (Wildman–Crippen MR) is 87.7 cm³/mol. The first kappa shape index (κ1) is 13.8. The SMILES string of the molecule is COc1cc(C)c(C(=O)c2csc3ccccc23)cc1C. The van der Waals surface area contributed by atoms with E-state index in [0.717, 1.165) is 38.1 Å². The molecule has 0 saturated carbocycles. The van der Waals surface area contributed by atoms with Crippen LogP contribution in [-0.4, -0.2) is 12.9 Å². The van der Waals surface area contributed by atoms with Gasteiger partial charge in [-0.05, 0) is 43.2 Å². The summed E-state index contributed by atoms with van der Waals surface area (Å²) < 4.78 is 6.45. The molecule has 0 saturated heterocycles. The summed E-state index contributed by atoms with van der Waals surface area (Å²) >= 11 is 1.61. The van der Waals surface area contributed by atoms with Crippen LogP contribution in [0.1, 0.15) is 27.0 Å². The average molecular weight is 296 g/mol. The van der Waals surface area contributed by atoms with E-state index in [-0.39, 0.29) is 5.78 Å². The standard InChI is InChI=1S/C18H16O2S/c1-11-9-16(20-3)12(2)8-14(11)18(19)15-10-21-17-7-5-4-6-13(15)17/h4-10H,1-3H3. The summed E-state index contributed by atoms with van der Waals surface area (Å²) in [5.74, 6) is 0.898. The molecule has 1 heterocycles. The number of carbonyl (C=O) groups is 1. The monoisotopic (exact) mass is 296 g/mol. The Bertz CT molecular complexity index is 830. The maximum atomic E-state index is 12.9. The minimum Gasteiger partial charge on any atom is -0.496 e. The van der Waals surface area contributed by atoms with E-state index in [4.69, 9.17) is 4.74 Å². The molecule has 3 heteroatoms. The summed E-state index contributed by atoms with van der Waals surface area (Å²) in [6.07, 6.45) is 0. The molecule has 0 atom stereocenters. The van der Waals surface area contributed by atoms with Gasteiger partial charge in [-0.15, -0.1) is 11.3 Å². The average Bonchev–Trinajstić information content (AvgIpc) is 2.92. The molecular weight excluding hydrogens is 280 g/mol. The van der Waals surface area contributed by atoms with E-state index < -0.39 is 0 Å². The summed E-state index contributed by atoms with van der Waals surface area (Å²) in [6.45, 7) is 3.91. The van der Waals surface area contributed by atoms with Gasteiger partial charge in [-0.1, -0.05) is 18.2 Å². The largest absolute Gasteiger partial charge is 0.496 e. The molecule has 0 N–H and O–H groups in total. The van der Waals surface area contributed by atoms with Crippen LogP contribution in [0.2, 0.25) is 0 Å². The minimum atomic E-state index is 0.0794. The summed E-state index contributed by atoms with van der Waals surface area (Å²) in [5.41, 5.74) is 3.45. The molecule has 2 aromatic carbocycles. The first-order valence-electron chi connectivity index (χ1n) is 6.78. The molecule has 106 valence electrons. The van der Waals surface area contributed by atoms with Crippen LogP contribution in [0.4, 0.5) is 0 Å². The zero-order valence-electron chi connectivity index (χ0n) is 12.3. The van der Waals surface area contributed by atoms with E-state index in [1.54, 1.807) is 18.4 Å². The third-order valence-electron chi connectivity index (χ3n) is 3.71. The zero-order valence-corrected chi connectivity index (χ0v) is 13.1. The normalized spacial score (nSPS) is 10.8. The molecule has 21 heavy (non-hydrogen) atoms. The smallest absolute Gasteiger partial charge is 0.194 e. The molecule has 0 fully saturated rings. The Morgan fingerprint density at radius 3 is 2.57 bits per heavy atom. The fourth-order valence-corrected chi connectivity index (χ4v) is 3.49. The van der Waals surface area contributed by atoms with Crippen molar-refractivity contribution in [1.29, 1.82) is 0 Å². The molecule has 1 aromatic heterocycles. The fourth-order valence-electron chi connectivity index (χ4n) is 2.55. The summed E-state index contributed by atoms with van der Waals surface area (Å²) in [7, 11) is 1.65. The highest BCUT2D eigenvalue weighted by molar-refractivity contribution is 7.17. The first-order valence-corrected chi connectivity index (χ1v) is 7.66. The van der Waals surface area contributed by atoms with Crippen LogP contribution in [0, 0.1) is 13.8 Å². The van der Waals surface area contributed by atoms with Crippen molar-refractivity contribution in [1.82, 2.24) is 0 Å². The molecule has 0 bridgehead atoms. The molecule has 3 rings (SSSR count). The Labute approximate surface area is 128 Å². The van der Waals surface area contributed by atoms with Gasteiger partial charge in [0.05, 0.1) is 7.11 Å². The third-order valence-corrected chi connectivity index (χ3v) is 4.68. The number of ketones is 1. The molecular formula is C18H16O2S. The number of benzene rings is 2. The van der Waals surface area contributed by atoms with Gasteiger partial charge in [-0.3, -0.25) is 4.79 Å². The zero-order chi connectivity index (χ0) is 15.0. The molecule has 3 aromatic rings. The van der Waals surface area contributed by atoms with Crippen molar-refractivity contribution in [2.45, 2.75) is 13.8 Å². The van der Waals surface area contributed by atoms with Gasteiger partial charge in [0.1, 0.15) is 5.75 Å². The molecule has 0 aliphatic heterocycles. The second-order valence-corrected chi connectivity index (χ2v) is 6.02. The molecule has 2 nitrogen and oxygen atoms in total. The van der Waals surface area contributed by atoms with Crippen molar-refractivity contribution >= 4 is 27.2 Å².